The number of imidazole rings is 1. The van der Waals surface area contributed by atoms with Gasteiger partial charge in [-0.25, -0.2) is 4.98 Å². The molecule has 372 valence electrons. The van der Waals surface area contributed by atoms with E-state index in [1.54, 1.807) is 0 Å². The molecule has 2 aliphatic heterocycles. The third-order valence-corrected chi connectivity index (χ3v) is 14.6. The standard InChI is InChI=1S/C66H64N3O3.Pt/c1-63(2,3)44-26-28-53(50(35-44)39-19-14-13-15-20-39)69-54-23-18-22-47(59(54)68-62(69)51-36-46(65(7,8)9)37-52(60(51)70)66(10,11)12)42-32-43(34-45(33-42)64(4,5)6)58-48-27-25-41(31-40(48)29-30-67-58)56-38-57-61(72-56)49-21-16-17-24-55(49)71-57;/h13-31,33-38,57,61,70H,1-12H3;/q-1;. The summed E-state index contributed by atoms with van der Waals surface area (Å²) in [5.74, 6) is 2.63. The van der Waals surface area contributed by atoms with Gasteiger partial charge in [0.05, 0.1) is 22.3 Å². The number of pyridine rings is 1. The molecule has 7 aromatic carbocycles. The van der Waals surface area contributed by atoms with Crippen molar-refractivity contribution in [1.29, 1.82) is 0 Å². The van der Waals surface area contributed by atoms with Gasteiger partial charge in [0, 0.05) is 61.3 Å². The third-order valence-electron chi connectivity index (χ3n) is 14.6. The molecule has 0 amide bonds. The second-order valence-electron chi connectivity index (χ2n) is 23.9. The van der Waals surface area contributed by atoms with Gasteiger partial charge in [0.1, 0.15) is 23.1 Å². The van der Waals surface area contributed by atoms with Crippen molar-refractivity contribution in [2.45, 2.75) is 117 Å². The number of fused-ring (bicyclic) bond motifs is 5. The molecule has 1 N–H and O–H groups in total. The summed E-state index contributed by atoms with van der Waals surface area (Å²) in [5, 5.41) is 14.7. The molecule has 11 rings (SSSR count). The van der Waals surface area contributed by atoms with Gasteiger partial charge in [0.2, 0.25) is 0 Å². The van der Waals surface area contributed by atoms with Gasteiger partial charge < -0.3 is 14.6 Å². The van der Waals surface area contributed by atoms with E-state index in [9.17, 15) is 5.11 Å². The smallest absolute Gasteiger partial charge is 0.168 e. The minimum atomic E-state index is -0.343. The Morgan fingerprint density at radius 2 is 1.26 bits per heavy atom. The zero-order valence-electron chi connectivity index (χ0n) is 44.0. The summed E-state index contributed by atoms with van der Waals surface area (Å²) in [5.41, 5.74) is 14.9. The number of aromatic hydroxyl groups is 1. The van der Waals surface area contributed by atoms with Crippen LogP contribution in [0.25, 0.3) is 78.2 Å². The van der Waals surface area contributed by atoms with E-state index in [1.807, 2.05) is 24.4 Å². The maximum Gasteiger partial charge on any atom is 0.168 e. The van der Waals surface area contributed by atoms with Crippen molar-refractivity contribution < 1.29 is 35.6 Å². The number of hydrogen-bond acceptors (Lipinski definition) is 5. The Morgan fingerprint density at radius 3 is 1.99 bits per heavy atom. The van der Waals surface area contributed by atoms with Crippen LogP contribution < -0.4 is 4.74 Å². The van der Waals surface area contributed by atoms with Gasteiger partial charge >= 0.3 is 0 Å². The molecule has 73 heavy (non-hydrogen) atoms. The fourth-order valence-corrected chi connectivity index (χ4v) is 10.4. The summed E-state index contributed by atoms with van der Waals surface area (Å²) in [4.78, 5) is 10.8. The van der Waals surface area contributed by atoms with Gasteiger partial charge in [0.15, 0.2) is 12.2 Å². The summed E-state index contributed by atoms with van der Waals surface area (Å²) in [6, 6.07) is 53.3. The Hall–Kier alpha value is -6.75. The molecule has 0 bridgehead atoms. The molecule has 9 aromatic rings. The number of hydrogen-bond donors (Lipinski definition) is 1. The second kappa shape index (κ2) is 18.0. The van der Waals surface area contributed by atoms with Crippen LogP contribution in [0.15, 0.2) is 152 Å². The van der Waals surface area contributed by atoms with E-state index in [0.29, 0.717) is 11.4 Å². The third kappa shape index (κ3) is 9.01. The van der Waals surface area contributed by atoms with Gasteiger partial charge in [-0.05, 0) is 91.6 Å². The topological polar surface area (TPSA) is 69.4 Å². The number of aromatic nitrogens is 3. The fourth-order valence-electron chi connectivity index (χ4n) is 10.4. The Labute approximate surface area is 445 Å². The van der Waals surface area contributed by atoms with Crippen molar-refractivity contribution >= 4 is 27.6 Å². The van der Waals surface area contributed by atoms with E-state index in [4.69, 9.17) is 19.4 Å². The maximum atomic E-state index is 12.6. The molecule has 4 heterocycles. The van der Waals surface area contributed by atoms with E-state index in [-0.39, 0.29) is 60.7 Å². The first-order chi connectivity index (χ1) is 34.1. The van der Waals surface area contributed by atoms with Crippen LogP contribution in [0.1, 0.15) is 123 Å². The van der Waals surface area contributed by atoms with E-state index in [0.717, 1.165) is 100 Å². The van der Waals surface area contributed by atoms with Crippen molar-refractivity contribution in [2.75, 3.05) is 0 Å². The fraction of sp³-hybridized carbons (Fsp3) is 0.273. The normalized spacial score (nSPS) is 15.6. The summed E-state index contributed by atoms with van der Waals surface area (Å²) in [6.07, 6.45) is 3.69. The number of benzene rings is 7. The molecule has 2 atom stereocenters. The first-order valence-corrected chi connectivity index (χ1v) is 25.3. The Balaban J connectivity index is 0.00000611. The van der Waals surface area contributed by atoms with Crippen LogP contribution in [-0.4, -0.2) is 25.7 Å². The molecule has 2 aromatic heterocycles. The van der Waals surface area contributed by atoms with Crippen LogP contribution in [0, 0.1) is 6.07 Å². The van der Waals surface area contributed by atoms with E-state index in [1.165, 1.54) is 5.56 Å². The number of phenolic OH excluding ortho intramolecular Hbond substituents is 1. The number of ether oxygens (including phenoxy) is 2. The maximum absolute atomic E-state index is 12.6. The first-order valence-electron chi connectivity index (χ1n) is 25.3. The van der Waals surface area contributed by atoms with Crippen molar-refractivity contribution in [2.24, 2.45) is 0 Å². The Kier molecular flexibility index (Phi) is 12.3. The van der Waals surface area contributed by atoms with Gasteiger partial charge in [0.25, 0.3) is 0 Å². The SMILES string of the molecule is CC(C)(C)c1cc(-c2nccc3cc(C4=CC5Oc6ccccc6C5O4)ccc23)[c-]c(-c2cccc3c2nc(-c2cc(C(C)(C)C)cc(C(C)(C)C)c2O)n3-c2ccc(C(C)(C)C)cc2-c2ccccc2)c1.[Pt]. The van der Waals surface area contributed by atoms with Gasteiger partial charge in [-0.15, -0.1) is 29.3 Å². The van der Waals surface area contributed by atoms with E-state index in [2.05, 4.69) is 221 Å². The predicted molar refractivity (Wildman–Crippen MR) is 296 cm³/mol. The van der Waals surface area contributed by atoms with Crippen LogP contribution in [0.4, 0.5) is 0 Å². The minimum absolute atomic E-state index is 0. The van der Waals surface area contributed by atoms with Gasteiger partial charge in [-0.2, -0.15) is 0 Å². The number of para-hydroxylation sites is 2. The molecule has 0 spiro atoms. The molecule has 7 heteroatoms. The molecule has 0 saturated heterocycles. The predicted octanol–water partition coefficient (Wildman–Crippen LogP) is 16.8. The zero-order valence-corrected chi connectivity index (χ0v) is 46.3. The molecular formula is C66H64N3O3Pt-. The molecular weight excluding hydrogens is 1080 g/mol. The summed E-state index contributed by atoms with van der Waals surface area (Å²) < 4.78 is 15.1. The van der Waals surface area contributed by atoms with Gasteiger partial charge in [-0.3, -0.25) is 9.55 Å². The quantitative estimate of drug-likeness (QED) is 0.168. The van der Waals surface area contributed by atoms with Crippen LogP contribution in [0.5, 0.6) is 11.5 Å². The average molecular weight is 1140 g/mol. The van der Waals surface area contributed by atoms with Crippen LogP contribution >= 0.6 is 0 Å². The van der Waals surface area contributed by atoms with Crippen molar-refractivity contribution in [3.05, 3.63) is 191 Å². The van der Waals surface area contributed by atoms with Crippen LogP contribution in [0.2, 0.25) is 0 Å². The molecule has 0 aliphatic carbocycles. The molecule has 2 unspecified atom stereocenters. The summed E-state index contributed by atoms with van der Waals surface area (Å²) in [6.45, 7) is 26.7. The number of phenols is 1. The average Bonchev–Trinajstić information content (AvgIpc) is 4.04. The molecule has 6 nitrogen and oxygen atoms in total. The van der Waals surface area contributed by atoms with Crippen molar-refractivity contribution in [3.8, 4) is 62.1 Å². The Bertz CT molecular complexity index is 3650. The van der Waals surface area contributed by atoms with E-state index < -0.39 is 0 Å². The van der Waals surface area contributed by atoms with Crippen molar-refractivity contribution in [1.82, 2.24) is 14.5 Å². The number of nitrogens with zero attached hydrogens (tertiary/aromatic N) is 3. The van der Waals surface area contributed by atoms with Crippen LogP contribution in [-0.2, 0) is 47.5 Å². The second-order valence-corrected chi connectivity index (χ2v) is 23.9. The first kappa shape index (κ1) is 49.8. The summed E-state index contributed by atoms with van der Waals surface area (Å²) in [7, 11) is 0. The largest absolute Gasteiger partial charge is 0.507 e. The van der Waals surface area contributed by atoms with Crippen LogP contribution in [0.3, 0.4) is 0 Å². The van der Waals surface area contributed by atoms with Crippen molar-refractivity contribution in [3.63, 3.8) is 0 Å². The molecule has 2 aliphatic rings. The monoisotopic (exact) mass is 1140 g/mol. The van der Waals surface area contributed by atoms with Gasteiger partial charge in [-0.1, -0.05) is 179 Å². The molecule has 0 fully saturated rings. The molecule has 0 radical (unpaired) electrons. The number of rotatable bonds is 6. The summed E-state index contributed by atoms with van der Waals surface area (Å²) >= 11 is 0. The van der Waals surface area contributed by atoms with E-state index >= 15 is 0 Å². The zero-order chi connectivity index (χ0) is 50.6. The minimum Gasteiger partial charge on any atom is -0.507 e. The Morgan fingerprint density at radius 1 is 0.575 bits per heavy atom. The molecule has 0 saturated carbocycles.